The van der Waals surface area contributed by atoms with Crippen molar-refractivity contribution in [3.05, 3.63) is 59.0 Å². The third-order valence-corrected chi connectivity index (χ3v) is 11.3. The molecule has 0 spiro atoms. The van der Waals surface area contributed by atoms with Crippen molar-refractivity contribution in [2.75, 3.05) is 11.9 Å². The second-order valence-electron chi connectivity index (χ2n) is 10.2. The molecule has 12 nitrogen and oxygen atoms in total. The molecule has 0 unspecified atom stereocenters. The number of hydrogen-bond donors (Lipinski definition) is 2. The monoisotopic (exact) mass is 510 g/mol. The van der Waals surface area contributed by atoms with Crippen LogP contribution in [-0.4, -0.2) is 63.7 Å². The van der Waals surface area contributed by atoms with Crippen LogP contribution in [0.2, 0.25) is 18.1 Å². The van der Waals surface area contributed by atoms with Crippen molar-refractivity contribution in [3.63, 3.8) is 0 Å². The zero-order chi connectivity index (χ0) is 26.1. The van der Waals surface area contributed by atoms with E-state index in [0.717, 1.165) is 0 Å². The molecule has 1 amide bonds. The number of aliphatic hydroxyl groups excluding tert-OH is 1. The van der Waals surface area contributed by atoms with Crippen LogP contribution in [-0.2, 0) is 9.16 Å². The van der Waals surface area contributed by atoms with Crippen molar-refractivity contribution in [2.45, 2.75) is 63.4 Å². The van der Waals surface area contributed by atoms with Gasteiger partial charge in [-0.05, 0) is 35.8 Å². The van der Waals surface area contributed by atoms with E-state index in [4.69, 9.17) is 9.16 Å². The van der Waals surface area contributed by atoms with Gasteiger partial charge in [0.25, 0.3) is 5.91 Å². The van der Waals surface area contributed by atoms with Crippen LogP contribution in [0.4, 0.5) is 5.82 Å². The molecule has 4 rings (SSSR count). The van der Waals surface area contributed by atoms with E-state index in [0.29, 0.717) is 16.7 Å². The van der Waals surface area contributed by atoms with Gasteiger partial charge in [-0.25, -0.2) is 15.0 Å². The van der Waals surface area contributed by atoms with Crippen LogP contribution in [0.3, 0.4) is 0 Å². The first kappa shape index (κ1) is 25.7. The Hall–Kier alpha value is -3.35. The molecule has 1 saturated heterocycles. The first-order valence-electron chi connectivity index (χ1n) is 11.6. The fourth-order valence-electron chi connectivity index (χ4n) is 3.84. The minimum atomic E-state index is -2.34. The van der Waals surface area contributed by atoms with E-state index < -0.39 is 32.8 Å². The molecule has 1 aromatic carbocycles. The second kappa shape index (κ2) is 9.95. The summed E-state index contributed by atoms with van der Waals surface area (Å²) in [5, 5.41) is 16.6. The molecule has 0 radical (unpaired) electrons. The summed E-state index contributed by atoms with van der Waals surface area (Å²) in [6, 6.07) is 8.02. The maximum absolute atomic E-state index is 12.7. The highest BCUT2D eigenvalue weighted by atomic mass is 28.4. The zero-order valence-corrected chi connectivity index (χ0v) is 21.9. The summed E-state index contributed by atoms with van der Waals surface area (Å²) in [5.41, 5.74) is 10.5. The van der Waals surface area contributed by atoms with E-state index in [2.05, 4.69) is 64.2 Å². The maximum Gasteiger partial charge on any atom is 0.256 e. The van der Waals surface area contributed by atoms with Crippen LogP contribution < -0.4 is 5.32 Å². The summed E-state index contributed by atoms with van der Waals surface area (Å²) in [6.45, 7) is 10.2. The Balaban J connectivity index is 1.73. The number of amides is 1. The Morgan fingerprint density at radius 3 is 2.64 bits per heavy atom. The number of benzene rings is 1. The summed E-state index contributed by atoms with van der Waals surface area (Å²) in [6.07, 6.45) is 0.626. The van der Waals surface area contributed by atoms with Crippen LogP contribution in [0.1, 0.15) is 37.4 Å². The largest absolute Gasteiger partial charge is 0.409 e. The molecular weight excluding hydrogens is 480 g/mol. The Kier molecular flexibility index (Phi) is 7.11. The molecule has 3 heterocycles. The number of aliphatic hydroxyl groups is 1. The molecule has 1 aliphatic rings. The Morgan fingerprint density at radius 2 is 2.00 bits per heavy atom. The van der Waals surface area contributed by atoms with Crippen molar-refractivity contribution >= 4 is 31.2 Å². The normalized spacial score (nSPS) is 22.4. The Labute approximate surface area is 209 Å². The fourth-order valence-corrected chi connectivity index (χ4v) is 5.13. The number of rotatable bonds is 7. The lowest BCUT2D eigenvalue weighted by molar-refractivity contribution is -0.0462. The minimum Gasteiger partial charge on any atom is -0.409 e. The van der Waals surface area contributed by atoms with Crippen LogP contribution in [0.15, 0.2) is 48.1 Å². The van der Waals surface area contributed by atoms with Crippen molar-refractivity contribution in [2.24, 2.45) is 5.11 Å². The summed E-state index contributed by atoms with van der Waals surface area (Å²) < 4.78 is 14.5. The van der Waals surface area contributed by atoms with Gasteiger partial charge in [-0.1, -0.05) is 44.1 Å². The molecule has 13 heteroatoms. The van der Waals surface area contributed by atoms with Gasteiger partial charge in [0.1, 0.15) is 12.4 Å². The van der Waals surface area contributed by atoms with Crippen molar-refractivity contribution in [1.29, 1.82) is 0 Å². The van der Waals surface area contributed by atoms with Gasteiger partial charge in [-0.3, -0.25) is 9.36 Å². The van der Waals surface area contributed by atoms with Crippen molar-refractivity contribution in [1.82, 2.24) is 19.5 Å². The quantitative estimate of drug-likeness (QED) is 0.210. The highest BCUT2D eigenvalue weighted by molar-refractivity contribution is 6.74. The predicted octanol–water partition coefficient (Wildman–Crippen LogP) is 4.04. The van der Waals surface area contributed by atoms with Gasteiger partial charge >= 0.3 is 0 Å². The number of anilines is 1. The van der Waals surface area contributed by atoms with E-state index in [1.165, 1.54) is 12.7 Å². The lowest BCUT2D eigenvalue weighted by atomic mass is 10.1. The number of fused-ring (bicyclic) bond motifs is 1. The van der Waals surface area contributed by atoms with Crippen LogP contribution >= 0.6 is 0 Å². The van der Waals surface area contributed by atoms with Crippen LogP contribution in [0.5, 0.6) is 0 Å². The minimum absolute atomic E-state index is 0.121. The molecule has 0 aliphatic carbocycles. The lowest BCUT2D eigenvalue weighted by Gasteiger charge is -2.40. The topological polar surface area (TPSA) is 160 Å². The molecule has 3 aromatic rings. The number of aromatic nitrogens is 4. The summed E-state index contributed by atoms with van der Waals surface area (Å²) in [5.74, 6) is -0.0806. The fraction of sp³-hybridized carbons (Fsp3) is 0.478. The Bertz CT molecular complexity index is 1290. The maximum atomic E-state index is 12.7. The number of ether oxygens (including phenoxy) is 1. The highest BCUT2D eigenvalue weighted by Crippen LogP contribution is 2.43. The Morgan fingerprint density at radius 1 is 1.28 bits per heavy atom. The van der Waals surface area contributed by atoms with E-state index in [1.807, 2.05) is 6.07 Å². The van der Waals surface area contributed by atoms with E-state index in [9.17, 15) is 15.4 Å². The van der Waals surface area contributed by atoms with E-state index in [1.54, 1.807) is 28.8 Å². The van der Waals surface area contributed by atoms with Crippen molar-refractivity contribution in [3.8, 4) is 0 Å². The van der Waals surface area contributed by atoms with Crippen LogP contribution in [0.25, 0.3) is 21.6 Å². The van der Waals surface area contributed by atoms with Gasteiger partial charge in [0.05, 0.1) is 25.1 Å². The molecule has 36 heavy (non-hydrogen) atoms. The molecule has 0 bridgehead atoms. The molecule has 1 aliphatic heterocycles. The lowest BCUT2D eigenvalue weighted by Crippen LogP contribution is -2.48. The van der Waals surface area contributed by atoms with Gasteiger partial charge in [-0.2, -0.15) is 0 Å². The molecule has 190 valence electrons. The SMILES string of the molecule is CC(C)(C)[Si](C)(C)O[C@@H]1[C@@H](N=[N+]=[N-])[C@@H](CO)O[C@H]1n1cnc2c(NC(=O)c3ccccc3)ncnc21. The smallest absolute Gasteiger partial charge is 0.256 e. The number of nitrogens with zero attached hydrogens (tertiary/aromatic N) is 7. The highest BCUT2D eigenvalue weighted by Gasteiger charge is 2.50. The number of nitrogens with one attached hydrogen (secondary N) is 1. The predicted molar refractivity (Wildman–Crippen MR) is 136 cm³/mol. The van der Waals surface area contributed by atoms with Crippen LogP contribution in [0, 0.1) is 0 Å². The molecule has 0 saturated carbocycles. The van der Waals surface area contributed by atoms with Gasteiger partial charge in [0, 0.05) is 10.5 Å². The molecular formula is C23H30N8O4Si. The molecule has 2 aromatic heterocycles. The number of imidazole rings is 1. The number of carbonyl (C=O) groups is 1. The average Bonchev–Trinajstić information content (AvgIpc) is 3.41. The number of hydrogen-bond acceptors (Lipinski definition) is 8. The van der Waals surface area contributed by atoms with E-state index in [-0.39, 0.29) is 23.4 Å². The van der Waals surface area contributed by atoms with Gasteiger partial charge in [-0.15, -0.1) is 0 Å². The molecule has 4 atom stereocenters. The third-order valence-electron chi connectivity index (χ3n) is 6.82. The van der Waals surface area contributed by atoms with Gasteiger partial charge < -0.3 is 19.6 Å². The van der Waals surface area contributed by atoms with Gasteiger partial charge in [0.15, 0.2) is 31.5 Å². The molecule has 1 fully saturated rings. The third kappa shape index (κ3) is 4.83. The summed E-state index contributed by atoms with van der Waals surface area (Å²) >= 11 is 0. The first-order chi connectivity index (χ1) is 17.1. The standard InChI is InChI=1S/C23H30N8O4Si/c1-23(2,3)36(4,5)35-18-16(29-30-24)15(11-32)34-22(18)31-13-27-17-19(25-12-26-20(17)31)28-21(33)14-9-7-6-8-10-14/h6-10,12-13,15-16,18,22,32H,11H2,1-5H3,(H,25,26,28,33)/t15-,16+,18-,22-/m1/s1. The summed E-state index contributed by atoms with van der Waals surface area (Å²) in [7, 11) is -2.34. The first-order valence-corrected chi connectivity index (χ1v) is 14.5. The van der Waals surface area contributed by atoms with Gasteiger partial charge in [0.2, 0.25) is 0 Å². The molecule has 2 N–H and O–H groups in total. The second-order valence-corrected chi connectivity index (χ2v) is 14.9. The zero-order valence-electron chi connectivity index (χ0n) is 20.9. The van der Waals surface area contributed by atoms with E-state index >= 15 is 0 Å². The summed E-state index contributed by atoms with van der Waals surface area (Å²) in [4.78, 5) is 28.7. The van der Waals surface area contributed by atoms with Crippen molar-refractivity contribution < 1.29 is 19.1 Å². The number of carbonyl (C=O) groups excluding carboxylic acids is 1. The number of azide groups is 1. The average molecular weight is 511 g/mol.